The Balaban J connectivity index is 2.19. The van der Waals surface area contributed by atoms with Crippen LogP contribution in [0, 0.1) is 12.3 Å². The Bertz CT molecular complexity index is 167. The van der Waals surface area contributed by atoms with E-state index in [1.165, 1.54) is 0 Å². The Hall–Kier alpha value is -0.780. The van der Waals surface area contributed by atoms with Crippen LogP contribution in [0.15, 0.2) is 12.7 Å². The van der Waals surface area contributed by atoms with Gasteiger partial charge in [-0.2, -0.15) is 0 Å². The van der Waals surface area contributed by atoms with Gasteiger partial charge >= 0.3 is 0 Å². The van der Waals surface area contributed by atoms with Crippen LogP contribution in [0.5, 0.6) is 0 Å². The first-order valence-electron chi connectivity index (χ1n) is 3.75. The fourth-order valence-corrected chi connectivity index (χ4v) is 0.977. The van der Waals surface area contributed by atoms with Gasteiger partial charge in [0, 0.05) is 13.1 Å². The molecule has 0 radical (unpaired) electrons. The zero-order chi connectivity index (χ0) is 8.10. The van der Waals surface area contributed by atoms with Crippen molar-refractivity contribution in [1.29, 1.82) is 0 Å². The van der Waals surface area contributed by atoms with Crippen molar-refractivity contribution in [3.63, 3.8) is 0 Å². The topological polar surface area (TPSA) is 15.8 Å². The molecule has 0 bridgehead atoms. The first-order chi connectivity index (χ1) is 5.36. The van der Waals surface area contributed by atoms with Crippen LogP contribution in [0.25, 0.3) is 0 Å². The second-order valence-corrected chi connectivity index (χ2v) is 2.64. The maximum Gasteiger partial charge on any atom is 0.0936 e. The molecule has 0 amide bonds. The summed E-state index contributed by atoms with van der Waals surface area (Å²) in [5.74, 6) is 2.61. The highest BCUT2D eigenvalue weighted by molar-refractivity contribution is 4.91. The summed E-state index contributed by atoms with van der Waals surface area (Å²) in [4.78, 5) is 2.14. The van der Waals surface area contributed by atoms with Crippen molar-refractivity contribution in [3.8, 4) is 12.3 Å². The van der Waals surface area contributed by atoms with Gasteiger partial charge in [-0.25, -0.2) is 0 Å². The number of epoxide rings is 1. The molecule has 0 N–H and O–H groups in total. The van der Waals surface area contributed by atoms with Crippen LogP contribution >= 0.6 is 0 Å². The lowest BCUT2D eigenvalue weighted by Crippen LogP contribution is -2.28. The minimum Gasteiger partial charge on any atom is -0.372 e. The first-order valence-corrected chi connectivity index (χ1v) is 3.75. The van der Waals surface area contributed by atoms with Crippen LogP contribution < -0.4 is 0 Å². The summed E-state index contributed by atoms with van der Waals surface area (Å²) >= 11 is 0. The lowest BCUT2D eigenvalue weighted by molar-refractivity contribution is 0.287. The summed E-state index contributed by atoms with van der Waals surface area (Å²) in [5, 5.41) is 0. The summed E-state index contributed by atoms with van der Waals surface area (Å²) < 4.78 is 5.09. The normalized spacial score (nSPS) is 21.3. The van der Waals surface area contributed by atoms with Crippen molar-refractivity contribution in [2.75, 3.05) is 26.2 Å². The van der Waals surface area contributed by atoms with Gasteiger partial charge < -0.3 is 4.74 Å². The molecule has 1 saturated heterocycles. The molecule has 1 heterocycles. The molecule has 0 aromatic carbocycles. The Labute approximate surface area is 67.8 Å². The van der Waals surface area contributed by atoms with Gasteiger partial charge in [0.25, 0.3) is 0 Å². The average Bonchev–Trinajstić information content (AvgIpc) is 2.73. The van der Waals surface area contributed by atoms with Crippen LogP contribution in [-0.4, -0.2) is 37.2 Å². The Morgan fingerprint density at radius 3 is 3.00 bits per heavy atom. The molecule has 1 unspecified atom stereocenters. The monoisotopic (exact) mass is 151 g/mol. The van der Waals surface area contributed by atoms with Crippen molar-refractivity contribution >= 4 is 0 Å². The highest BCUT2D eigenvalue weighted by Crippen LogP contribution is 2.10. The van der Waals surface area contributed by atoms with Crippen LogP contribution in [0.2, 0.25) is 0 Å². The molecular formula is C9H13NO. The van der Waals surface area contributed by atoms with Crippen molar-refractivity contribution in [2.45, 2.75) is 6.10 Å². The number of rotatable bonds is 5. The molecule has 2 nitrogen and oxygen atoms in total. The van der Waals surface area contributed by atoms with E-state index in [1.807, 2.05) is 6.08 Å². The molecule has 1 fully saturated rings. The molecule has 1 rings (SSSR count). The van der Waals surface area contributed by atoms with E-state index in [2.05, 4.69) is 17.4 Å². The minimum atomic E-state index is 0.420. The Kier molecular flexibility index (Phi) is 3.15. The molecule has 0 aromatic rings. The first kappa shape index (κ1) is 8.32. The summed E-state index contributed by atoms with van der Waals surface area (Å²) in [7, 11) is 0. The average molecular weight is 151 g/mol. The number of ether oxygens (including phenoxy) is 1. The molecule has 0 saturated carbocycles. The van der Waals surface area contributed by atoms with Crippen LogP contribution in [0.4, 0.5) is 0 Å². The van der Waals surface area contributed by atoms with E-state index in [9.17, 15) is 0 Å². The molecule has 1 atom stereocenters. The maximum absolute atomic E-state index is 5.19. The summed E-state index contributed by atoms with van der Waals surface area (Å²) in [5.41, 5.74) is 0. The molecule has 2 heteroatoms. The van der Waals surface area contributed by atoms with E-state index in [0.717, 1.165) is 19.7 Å². The van der Waals surface area contributed by atoms with Crippen LogP contribution in [0.1, 0.15) is 0 Å². The van der Waals surface area contributed by atoms with Gasteiger partial charge in [0.2, 0.25) is 0 Å². The number of terminal acetylenes is 1. The largest absolute Gasteiger partial charge is 0.372 e. The number of nitrogens with zero attached hydrogens (tertiary/aromatic N) is 1. The molecule has 0 aromatic heterocycles. The quantitative estimate of drug-likeness (QED) is 0.323. The van der Waals surface area contributed by atoms with E-state index in [-0.39, 0.29) is 0 Å². The second kappa shape index (κ2) is 4.17. The van der Waals surface area contributed by atoms with E-state index in [0.29, 0.717) is 12.6 Å². The van der Waals surface area contributed by atoms with E-state index in [1.54, 1.807) is 0 Å². The van der Waals surface area contributed by atoms with Gasteiger partial charge in [0.1, 0.15) is 0 Å². The summed E-state index contributed by atoms with van der Waals surface area (Å²) in [6, 6.07) is 0. The fraction of sp³-hybridized carbons (Fsp3) is 0.556. The molecule has 0 spiro atoms. The third-order valence-electron chi connectivity index (χ3n) is 1.57. The minimum absolute atomic E-state index is 0.420. The SMILES string of the molecule is C#CCN(CC=C)CC1CO1. The predicted octanol–water partition coefficient (Wildman–Crippen LogP) is 0.506. The standard InChI is InChI=1S/C9H13NO/c1-3-5-10(6-4-2)7-9-8-11-9/h1,4,9H,2,5-8H2. The Morgan fingerprint density at radius 1 is 1.82 bits per heavy atom. The molecule has 1 aliphatic heterocycles. The molecule has 60 valence electrons. The van der Waals surface area contributed by atoms with Gasteiger partial charge in [0.15, 0.2) is 0 Å². The fourth-order valence-electron chi connectivity index (χ4n) is 0.977. The van der Waals surface area contributed by atoms with Gasteiger partial charge in [0.05, 0.1) is 19.3 Å². The van der Waals surface area contributed by atoms with Gasteiger partial charge in [-0.1, -0.05) is 12.0 Å². The van der Waals surface area contributed by atoms with E-state index in [4.69, 9.17) is 11.2 Å². The maximum atomic E-state index is 5.19. The molecule has 0 aliphatic carbocycles. The lowest BCUT2D eigenvalue weighted by Gasteiger charge is -2.15. The van der Waals surface area contributed by atoms with Crippen LogP contribution in [-0.2, 0) is 4.74 Å². The molecular weight excluding hydrogens is 138 g/mol. The van der Waals surface area contributed by atoms with Crippen molar-refractivity contribution in [3.05, 3.63) is 12.7 Å². The van der Waals surface area contributed by atoms with E-state index >= 15 is 0 Å². The predicted molar refractivity (Wildman–Crippen MR) is 45.2 cm³/mol. The summed E-state index contributed by atoms with van der Waals surface area (Å²) in [6.07, 6.45) is 7.47. The van der Waals surface area contributed by atoms with Crippen molar-refractivity contribution < 1.29 is 4.74 Å². The number of hydrogen-bond donors (Lipinski definition) is 0. The Morgan fingerprint density at radius 2 is 2.55 bits per heavy atom. The van der Waals surface area contributed by atoms with E-state index < -0.39 is 0 Å². The van der Waals surface area contributed by atoms with Crippen LogP contribution in [0.3, 0.4) is 0 Å². The van der Waals surface area contributed by atoms with Gasteiger partial charge in [-0.05, 0) is 0 Å². The molecule has 1 aliphatic rings. The zero-order valence-electron chi connectivity index (χ0n) is 6.62. The summed E-state index contributed by atoms with van der Waals surface area (Å²) in [6.45, 7) is 7.02. The lowest BCUT2D eigenvalue weighted by atomic mass is 10.4. The van der Waals surface area contributed by atoms with Gasteiger partial charge in [-0.3, -0.25) is 4.90 Å². The smallest absolute Gasteiger partial charge is 0.0936 e. The highest BCUT2D eigenvalue weighted by Gasteiger charge is 2.24. The van der Waals surface area contributed by atoms with Crippen molar-refractivity contribution in [2.24, 2.45) is 0 Å². The van der Waals surface area contributed by atoms with Gasteiger partial charge in [-0.15, -0.1) is 13.0 Å². The number of hydrogen-bond acceptors (Lipinski definition) is 2. The highest BCUT2D eigenvalue weighted by atomic mass is 16.6. The third kappa shape index (κ3) is 3.22. The van der Waals surface area contributed by atoms with Crippen molar-refractivity contribution in [1.82, 2.24) is 4.90 Å². The third-order valence-corrected chi connectivity index (χ3v) is 1.57. The second-order valence-electron chi connectivity index (χ2n) is 2.64. The zero-order valence-corrected chi connectivity index (χ0v) is 6.62. The molecule has 11 heavy (non-hydrogen) atoms.